The van der Waals surface area contributed by atoms with Gasteiger partial charge in [0.2, 0.25) is 0 Å². The number of para-hydroxylation sites is 1. The van der Waals surface area contributed by atoms with Crippen LogP contribution in [0.2, 0.25) is 0 Å². The Labute approximate surface area is 155 Å². The van der Waals surface area contributed by atoms with Crippen molar-refractivity contribution >= 4 is 17.3 Å². The van der Waals surface area contributed by atoms with Crippen molar-refractivity contribution in [2.24, 2.45) is 0 Å². The summed E-state index contributed by atoms with van der Waals surface area (Å²) in [5.74, 6) is -0.361. The molecule has 0 spiro atoms. The zero-order valence-electron chi connectivity index (χ0n) is 15.1. The molecule has 1 heterocycles. The zero-order valence-corrected chi connectivity index (χ0v) is 15.1. The number of nitro benzene ring substituents is 1. The Balaban J connectivity index is 1.92. The first kappa shape index (κ1) is 18.1. The molecule has 3 rings (SSSR count). The molecule has 1 amide bonds. The summed E-state index contributed by atoms with van der Waals surface area (Å²) in [4.78, 5) is 23.2. The van der Waals surface area contributed by atoms with E-state index in [0.717, 1.165) is 11.4 Å². The molecule has 2 aromatic carbocycles. The van der Waals surface area contributed by atoms with Gasteiger partial charge in [0.1, 0.15) is 0 Å². The van der Waals surface area contributed by atoms with Crippen LogP contribution in [0.4, 0.5) is 11.4 Å². The molecule has 0 saturated heterocycles. The molecule has 0 fully saturated rings. The van der Waals surface area contributed by atoms with Crippen LogP contribution in [0.1, 0.15) is 21.7 Å². The number of benzene rings is 2. The van der Waals surface area contributed by atoms with Crippen LogP contribution < -0.4 is 10.1 Å². The minimum Gasteiger partial charge on any atom is -0.490 e. The first-order valence-corrected chi connectivity index (χ1v) is 8.17. The molecule has 8 nitrogen and oxygen atoms in total. The lowest BCUT2D eigenvalue weighted by atomic mass is 10.1. The smallest absolute Gasteiger partial charge is 0.311 e. The maximum atomic E-state index is 12.6. The third kappa shape index (κ3) is 3.50. The lowest BCUT2D eigenvalue weighted by Gasteiger charge is -2.08. The summed E-state index contributed by atoms with van der Waals surface area (Å²) in [6.07, 6.45) is 0. The van der Waals surface area contributed by atoms with Gasteiger partial charge in [0.25, 0.3) is 5.91 Å². The largest absolute Gasteiger partial charge is 0.490 e. The van der Waals surface area contributed by atoms with Crippen LogP contribution in [0.25, 0.3) is 5.69 Å². The number of nitrogens with one attached hydrogen (secondary N) is 1. The van der Waals surface area contributed by atoms with Gasteiger partial charge < -0.3 is 10.1 Å². The van der Waals surface area contributed by atoms with E-state index in [2.05, 4.69) is 10.4 Å². The highest BCUT2D eigenvalue weighted by Crippen LogP contribution is 2.29. The Hall–Kier alpha value is -3.68. The number of nitrogens with zero attached hydrogens (tertiary/aromatic N) is 3. The quantitative estimate of drug-likeness (QED) is 0.549. The Bertz CT molecular complexity index is 1010. The van der Waals surface area contributed by atoms with Gasteiger partial charge in [0, 0.05) is 11.6 Å². The number of aromatic nitrogens is 2. The van der Waals surface area contributed by atoms with Crippen molar-refractivity contribution in [2.45, 2.75) is 13.8 Å². The molecule has 0 saturated carbocycles. The van der Waals surface area contributed by atoms with Crippen LogP contribution in [0.3, 0.4) is 0 Å². The molecule has 0 aliphatic carbocycles. The molecule has 1 aromatic heterocycles. The highest BCUT2D eigenvalue weighted by atomic mass is 16.6. The Morgan fingerprint density at radius 1 is 1.19 bits per heavy atom. The second kappa shape index (κ2) is 7.28. The van der Waals surface area contributed by atoms with Crippen molar-refractivity contribution < 1.29 is 14.5 Å². The van der Waals surface area contributed by atoms with E-state index in [1.54, 1.807) is 11.6 Å². The van der Waals surface area contributed by atoms with Crippen LogP contribution in [0, 0.1) is 24.0 Å². The highest BCUT2D eigenvalue weighted by Gasteiger charge is 2.20. The van der Waals surface area contributed by atoms with Gasteiger partial charge in [0.05, 0.1) is 34.8 Å². The Kier molecular flexibility index (Phi) is 4.89. The van der Waals surface area contributed by atoms with E-state index < -0.39 is 10.8 Å². The second-order valence-electron chi connectivity index (χ2n) is 5.89. The predicted molar refractivity (Wildman–Crippen MR) is 101 cm³/mol. The van der Waals surface area contributed by atoms with Crippen LogP contribution in [-0.2, 0) is 0 Å². The minimum absolute atomic E-state index is 0.0980. The lowest BCUT2D eigenvalue weighted by Crippen LogP contribution is -2.13. The third-order valence-corrected chi connectivity index (χ3v) is 4.17. The molecule has 138 valence electrons. The fraction of sp³-hybridized carbons (Fsp3) is 0.158. The van der Waals surface area contributed by atoms with Gasteiger partial charge in [-0.15, -0.1) is 0 Å². The van der Waals surface area contributed by atoms with Gasteiger partial charge in [-0.1, -0.05) is 18.2 Å². The molecule has 27 heavy (non-hydrogen) atoms. The van der Waals surface area contributed by atoms with E-state index in [0.29, 0.717) is 11.4 Å². The predicted octanol–water partition coefficient (Wildman–Crippen LogP) is 3.66. The molecular formula is C19H18N4O4. The number of carbonyl (C=O) groups excluding carboxylic acids is 1. The number of rotatable bonds is 5. The van der Waals surface area contributed by atoms with Crippen LogP contribution in [0.15, 0.2) is 48.5 Å². The van der Waals surface area contributed by atoms with Gasteiger partial charge >= 0.3 is 5.69 Å². The maximum Gasteiger partial charge on any atom is 0.311 e. The summed E-state index contributed by atoms with van der Waals surface area (Å²) in [5, 5.41) is 18.4. The van der Waals surface area contributed by atoms with Crippen LogP contribution in [0.5, 0.6) is 5.75 Å². The summed E-state index contributed by atoms with van der Waals surface area (Å²) in [7, 11) is 1.34. The summed E-state index contributed by atoms with van der Waals surface area (Å²) in [6, 6.07) is 13.6. The van der Waals surface area contributed by atoms with Crippen molar-refractivity contribution in [1.29, 1.82) is 0 Å². The van der Waals surface area contributed by atoms with Gasteiger partial charge in [-0.3, -0.25) is 14.9 Å². The van der Waals surface area contributed by atoms with Gasteiger partial charge in [0.15, 0.2) is 5.75 Å². The topological polar surface area (TPSA) is 99.3 Å². The average Bonchev–Trinajstić information content (AvgIpc) is 2.96. The van der Waals surface area contributed by atoms with E-state index in [1.807, 2.05) is 37.3 Å². The van der Waals surface area contributed by atoms with Gasteiger partial charge in [-0.2, -0.15) is 5.10 Å². The number of anilines is 1. The number of carbonyl (C=O) groups is 1. The molecule has 0 aliphatic heterocycles. The molecule has 8 heteroatoms. The molecule has 0 unspecified atom stereocenters. The molecule has 0 aliphatic rings. The molecule has 0 radical (unpaired) electrons. The highest BCUT2D eigenvalue weighted by molar-refractivity contribution is 6.05. The number of hydrogen-bond acceptors (Lipinski definition) is 5. The first-order chi connectivity index (χ1) is 12.9. The van der Waals surface area contributed by atoms with Gasteiger partial charge in [-0.25, -0.2) is 4.68 Å². The van der Waals surface area contributed by atoms with Crippen molar-refractivity contribution in [3.05, 3.63) is 75.6 Å². The zero-order chi connectivity index (χ0) is 19.6. The summed E-state index contributed by atoms with van der Waals surface area (Å²) >= 11 is 0. The Morgan fingerprint density at radius 2 is 1.89 bits per heavy atom. The molecule has 1 N–H and O–H groups in total. The SMILES string of the molecule is COc1ccc(C(=O)Nc2c(C)nn(-c3ccccc3)c2C)cc1[N+](=O)[O-]. The summed E-state index contributed by atoms with van der Waals surface area (Å²) in [6.45, 7) is 3.64. The number of aryl methyl sites for hydroxylation is 1. The molecule has 0 bridgehead atoms. The first-order valence-electron chi connectivity index (χ1n) is 8.17. The summed E-state index contributed by atoms with van der Waals surface area (Å²) in [5.41, 5.74) is 2.75. The molecule has 0 atom stereocenters. The van der Waals surface area contributed by atoms with E-state index in [9.17, 15) is 14.9 Å². The van der Waals surface area contributed by atoms with E-state index in [-0.39, 0.29) is 17.0 Å². The Morgan fingerprint density at radius 3 is 2.52 bits per heavy atom. The molecular weight excluding hydrogens is 348 g/mol. The van der Waals surface area contributed by atoms with Gasteiger partial charge in [-0.05, 0) is 38.1 Å². The van der Waals surface area contributed by atoms with Crippen molar-refractivity contribution in [3.63, 3.8) is 0 Å². The number of nitro groups is 1. The maximum absolute atomic E-state index is 12.6. The van der Waals surface area contributed by atoms with Crippen molar-refractivity contribution in [3.8, 4) is 11.4 Å². The molecule has 3 aromatic rings. The van der Waals surface area contributed by atoms with Crippen LogP contribution in [-0.4, -0.2) is 27.7 Å². The lowest BCUT2D eigenvalue weighted by molar-refractivity contribution is -0.385. The minimum atomic E-state index is -0.584. The third-order valence-electron chi connectivity index (χ3n) is 4.17. The van der Waals surface area contributed by atoms with E-state index in [1.165, 1.54) is 25.3 Å². The number of methoxy groups -OCH3 is 1. The number of amides is 1. The second-order valence-corrected chi connectivity index (χ2v) is 5.89. The average molecular weight is 366 g/mol. The fourth-order valence-electron chi connectivity index (χ4n) is 2.80. The summed E-state index contributed by atoms with van der Waals surface area (Å²) < 4.78 is 6.70. The normalized spacial score (nSPS) is 10.5. The number of hydrogen-bond donors (Lipinski definition) is 1. The fourth-order valence-corrected chi connectivity index (χ4v) is 2.80. The standard InChI is InChI=1S/C19H18N4O4/c1-12-18(13(2)22(21-12)15-7-5-4-6-8-15)20-19(24)14-9-10-17(27-3)16(11-14)23(25)26/h4-11H,1-3H3,(H,20,24). The van der Waals surface area contributed by atoms with Crippen molar-refractivity contribution in [1.82, 2.24) is 9.78 Å². The van der Waals surface area contributed by atoms with E-state index in [4.69, 9.17) is 4.74 Å². The number of ether oxygens (including phenoxy) is 1. The van der Waals surface area contributed by atoms with E-state index >= 15 is 0 Å². The monoisotopic (exact) mass is 366 g/mol. The van der Waals surface area contributed by atoms with Crippen LogP contribution >= 0.6 is 0 Å². The van der Waals surface area contributed by atoms with Crippen molar-refractivity contribution in [2.75, 3.05) is 12.4 Å².